The summed E-state index contributed by atoms with van der Waals surface area (Å²) in [6.07, 6.45) is -0.307. The molecule has 1 aromatic heterocycles. The largest absolute Gasteiger partial charge is 0.392 e. The van der Waals surface area contributed by atoms with Crippen molar-refractivity contribution < 1.29 is 10.2 Å². The van der Waals surface area contributed by atoms with Crippen LogP contribution < -0.4 is 0 Å². The van der Waals surface area contributed by atoms with Crippen molar-refractivity contribution in [2.45, 2.75) is 19.6 Å². The van der Waals surface area contributed by atoms with Crippen molar-refractivity contribution in [3.05, 3.63) is 21.9 Å². The molecular formula is C12H17NO2S. The average Bonchev–Trinajstić information content (AvgIpc) is 2.61. The van der Waals surface area contributed by atoms with Crippen LogP contribution in [0.5, 0.6) is 0 Å². The van der Waals surface area contributed by atoms with Crippen LogP contribution in [0.4, 0.5) is 0 Å². The number of likely N-dealkylation sites (N-methyl/N-ethyl adjacent to an activating group) is 1. The molecule has 0 fully saturated rings. The second-order valence-corrected chi connectivity index (χ2v) is 4.80. The molecule has 0 radical (unpaired) electrons. The average molecular weight is 239 g/mol. The molecule has 1 heterocycles. The van der Waals surface area contributed by atoms with Crippen molar-refractivity contribution >= 4 is 11.3 Å². The number of aliphatic hydroxyl groups excluding tert-OH is 2. The molecule has 4 heteroatoms. The molecule has 88 valence electrons. The lowest BCUT2D eigenvalue weighted by Crippen LogP contribution is -2.26. The highest BCUT2D eigenvalue weighted by Gasteiger charge is 2.05. The van der Waals surface area contributed by atoms with Crippen molar-refractivity contribution in [1.82, 2.24) is 4.90 Å². The third-order valence-corrected chi connectivity index (χ3v) is 2.89. The topological polar surface area (TPSA) is 43.7 Å². The van der Waals surface area contributed by atoms with Gasteiger partial charge in [-0.25, -0.2) is 0 Å². The fraction of sp³-hybridized carbons (Fsp3) is 0.500. The molecule has 0 aliphatic carbocycles. The first-order chi connectivity index (χ1) is 7.61. The van der Waals surface area contributed by atoms with E-state index in [1.54, 1.807) is 18.3 Å². The smallest absolute Gasteiger partial charge is 0.104 e. The number of thiophene rings is 1. The standard InChI is InChI=1S/C12H17NO2S/c1-10(15)7-13(2)8-12-6-11(9-16-12)4-3-5-14/h6,9-10,14-15H,5,7-8H2,1-2H3. The molecule has 2 N–H and O–H groups in total. The second kappa shape index (κ2) is 6.66. The summed E-state index contributed by atoms with van der Waals surface area (Å²) in [6, 6.07) is 2.02. The number of rotatable bonds is 4. The summed E-state index contributed by atoms with van der Waals surface area (Å²) < 4.78 is 0. The SMILES string of the molecule is CC(O)CN(C)Cc1cc(C#CCO)cs1. The van der Waals surface area contributed by atoms with E-state index in [1.165, 1.54) is 4.88 Å². The molecule has 3 nitrogen and oxygen atoms in total. The number of hydrogen-bond donors (Lipinski definition) is 2. The molecular weight excluding hydrogens is 222 g/mol. The summed E-state index contributed by atoms with van der Waals surface area (Å²) in [5.41, 5.74) is 0.944. The van der Waals surface area contributed by atoms with E-state index in [4.69, 9.17) is 5.11 Å². The van der Waals surface area contributed by atoms with Gasteiger partial charge in [-0.2, -0.15) is 0 Å². The van der Waals surface area contributed by atoms with Gasteiger partial charge in [0.15, 0.2) is 0 Å². The Morgan fingerprint density at radius 3 is 2.94 bits per heavy atom. The minimum Gasteiger partial charge on any atom is -0.392 e. The van der Waals surface area contributed by atoms with Crippen LogP contribution in [0.1, 0.15) is 17.4 Å². The van der Waals surface area contributed by atoms with E-state index in [1.807, 2.05) is 18.5 Å². The Labute approximate surface area is 100 Å². The van der Waals surface area contributed by atoms with Gasteiger partial charge in [0.05, 0.1) is 6.10 Å². The molecule has 0 saturated carbocycles. The summed E-state index contributed by atoms with van der Waals surface area (Å²) in [7, 11) is 1.98. The Bertz CT molecular complexity index is 376. The van der Waals surface area contributed by atoms with Crippen LogP contribution in [0.15, 0.2) is 11.4 Å². The van der Waals surface area contributed by atoms with Gasteiger partial charge in [-0.3, -0.25) is 4.90 Å². The van der Waals surface area contributed by atoms with Crippen LogP contribution in [-0.2, 0) is 6.54 Å². The van der Waals surface area contributed by atoms with E-state index in [0.717, 1.165) is 12.1 Å². The zero-order chi connectivity index (χ0) is 12.0. The van der Waals surface area contributed by atoms with Crippen molar-refractivity contribution in [2.24, 2.45) is 0 Å². The van der Waals surface area contributed by atoms with Gasteiger partial charge in [-0.05, 0) is 20.0 Å². The monoisotopic (exact) mass is 239 g/mol. The second-order valence-electron chi connectivity index (χ2n) is 3.81. The molecule has 0 aliphatic heterocycles. The molecule has 0 aliphatic rings. The fourth-order valence-corrected chi connectivity index (χ4v) is 2.35. The predicted molar refractivity (Wildman–Crippen MR) is 66.3 cm³/mol. The maximum Gasteiger partial charge on any atom is 0.104 e. The summed E-state index contributed by atoms with van der Waals surface area (Å²) >= 11 is 1.65. The minimum absolute atomic E-state index is 0.104. The lowest BCUT2D eigenvalue weighted by molar-refractivity contribution is 0.139. The van der Waals surface area contributed by atoms with E-state index in [2.05, 4.69) is 16.7 Å². The first-order valence-electron chi connectivity index (χ1n) is 5.15. The van der Waals surface area contributed by atoms with Gasteiger partial charge in [0.1, 0.15) is 6.61 Å². The molecule has 0 saturated heterocycles. The Balaban J connectivity index is 2.51. The van der Waals surface area contributed by atoms with Crippen LogP contribution in [-0.4, -0.2) is 41.4 Å². The van der Waals surface area contributed by atoms with Crippen LogP contribution in [0.2, 0.25) is 0 Å². The first-order valence-corrected chi connectivity index (χ1v) is 6.03. The van der Waals surface area contributed by atoms with Crippen LogP contribution >= 0.6 is 11.3 Å². The van der Waals surface area contributed by atoms with Gasteiger partial charge in [-0.15, -0.1) is 11.3 Å². The van der Waals surface area contributed by atoms with E-state index in [-0.39, 0.29) is 12.7 Å². The molecule has 1 atom stereocenters. The van der Waals surface area contributed by atoms with Crippen LogP contribution in [0.25, 0.3) is 0 Å². The number of hydrogen-bond acceptors (Lipinski definition) is 4. The van der Waals surface area contributed by atoms with Crippen molar-refractivity contribution in [3.8, 4) is 11.8 Å². The van der Waals surface area contributed by atoms with Gasteiger partial charge >= 0.3 is 0 Å². The minimum atomic E-state index is -0.307. The molecule has 1 rings (SSSR count). The Kier molecular flexibility index (Phi) is 5.50. The first kappa shape index (κ1) is 13.2. The fourth-order valence-electron chi connectivity index (χ4n) is 1.45. The Hall–Kier alpha value is -0.860. The van der Waals surface area contributed by atoms with Gasteiger partial charge in [0.2, 0.25) is 0 Å². The molecule has 0 aromatic carbocycles. The molecule has 1 aromatic rings. The zero-order valence-electron chi connectivity index (χ0n) is 9.60. The van der Waals surface area contributed by atoms with Gasteiger partial charge in [0.25, 0.3) is 0 Å². The highest BCUT2D eigenvalue weighted by molar-refractivity contribution is 7.10. The molecule has 0 spiro atoms. The van der Waals surface area contributed by atoms with Gasteiger partial charge in [0, 0.05) is 28.9 Å². The van der Waals surface area contributed by atoms with Gasteiger partial charge in [-0.1, -0.05) is 11.8 Å². The molecule has 16 heavy (non-hydrogen) atoms. The summed E-state index contributed by atoms with van der Waals surface area (Å²) in [6.45, 7) is 3.15. The maximum absolute atomic E-state index is 9.23. The third-order valence-electron chi connectivity index (χ3n) is 1.97. The van der Waals surface area contributed by atoms with Crippen molar-refractivity contribution in [1.29, 1.82) is 0 Å². The quantitative estimate of drug-likeness (QED) is 0.767. The summed E-state index contributed by atoms with van der Waals surface area (Å²) in [5.74, 6) is 5.49. The van der Waals surface area contributed by atoms with Gasteiger partial charge < -0.3 is 10.2 Å². The van der Waals surface area contributed by atoms with Crippen LogP contribution in [0.3, 0.4) is 0 Å². The Morgan fingerprint density at radius 2 is 2.31 bits per heavy atom. The number of nitrogens with zero attached hydrogens (tertiary/aromatic N) is 1. The molecule has 1 unspecified atom stereocenters. The molecule has 0 amide bonds. The highest BCUT2D eigenvalue weighted by atomic mass is 32.1. The van der Waals surface area contributed by atoms with Crippen molar-refractivity contribution in [3.63, 3.8) is 0 Å². The molecule has 0 bridgehead atoms. The van der Waals surface area contributed by atoms with E-state index < -0.39 is 0 Å². The van der Waals surface area contributed by atoms with E-state index in [0.29, 0.717) is 6.54 Å². The van der Waals surface area contributed by atoms with Crippen molar-refractivity contribution in [2.75, 3.05) is 20.2 Å². The zero-order valence-corrected chi connectivity index (χ0v) is 10.4. The Morgan fingerprint density at radius 1 is 1.56 bits per heavy atom. The maximum atomic E-state index is 9.23. The lowest BCUT2D eigenvalue weighted by atomic mass is 10.3. The summed E-state index contributed by atoms with van der Waals surface area (Å²) in [5, 5.41) is 19.8. The number of aliphatic hydroxyl groups is 2. The van der Waals surface area contributed by atoms with Crippen LogP contribution in [0, 0.1) is 11.8 Å². The summed E-state index contributed by atoms with van der Waals surface area (Å²) in [4.78, 5) is 3.28. The predicted octanol–water partition coefficient (Wildman–Crippen LogP) is 0.905. The third kappa shape index (κ3) is 4.77. The highest BCUT2D eigenvalue weighted by Crippen LogP contribution is 2.15. The lowest BCUT2D eigenvalue weighted by Gasteiger charge is -2.16. The van der Waals surface area contributed by atoms with E-state index in [9.17, 15) is 5.11 Å². The van der Waals surface area contributed by atoms with E-state index >= 15 is 0 Å². The normalized spacial score (nSPS) is 12.3.